The van der Waals surface area contributed by atoms with E-state index in [4.69, 9.17) is 16.0 Å². The third-order valence-electron chi connectivity index (χ3n) is 5.86. The second kappa shape index (κ2) is 8.66. The largest absolute Gasteiger partial charge is 0.497 e. The Morgan fingerprint density at radius 2 is 1.65 bits per heavy atom. The van der Waals surface area contributed by atoms with Gasteiger partial charge in [0.2, 0.25) is 5.91 Å². The lowest BCUT2D eigenvalue weighted by atomic mass is 10.0. The number of anilines is 2. The zero-order valence-corrected chi connectivity index (χ0v) is 18.4. The molecule has 3 aromatic rings. The topological polar surface area (TPSA) is 111 Å². The molecule has 2 aromatic carbocycles. The van der Waals surface area contributed by atoms with Gasteiger partial charge in [-0.25, -0.2) is 4.68 Å². The summed E-state index contributed by atoms with van der Waals surface area (Å²) in [5.74, 6) is -1.47. The zero-order chi connectivity index (χ0) is 27.4. The molecule has 2 aliphatic heterocycles. The first-order valence-corrected chi connectivity index (χ1v) is 10.8. The number of aromatic nitrogens is 2. The van der Waals surface area contributed by atoms with Crippen molar-refractivity contribution in [2.45, 2.75) is 25.6 Å². The van der Waals surface area contributed by atoms with Crippen LogP contribution in [0, 0.1) is 0 Å². The lowest BCUT2D eigenvalue weighted by Crippen LogP contribution is -2.39. The van der Waals surface area contributed by atoms with Crippen molar-refractivity contribution in [1.29, 1.82) is 0 Å². The Balaban J connectivity index is 1.50. The number of amides is 3. The van der Waals surface area contributed by atoms with E-state index in [0.717, 1.165) is 4.90 Å². The van der Waals surface area contributed by atoms with E-state index in [-0.39, 0.29) is 36.5 Å². The molecule has 0 spiro atoms. The monoisotopic (exact) mass is 463 g/mol. The van der Waals surface area contributed by atoms with Gasteiger partial charge < -0.3 is 20.3 Å². The highest BCUT2D eigenvalue weighted by Gasteiger charge is 2.34. The van der Waals surface area contributed by atoms with E-state index >= 15 is 0 Å². The number of methoxy groups -OCH3 is 1. The first kappa shape index (κ1) is 17.4. The molecule has 5 rings (SSSR count). The summed E-state index contributed by atoms with van der Waals surface area (Å²) in [5.41, 5.74) is 7.47. The quantitative estimate of drug-likeness (QED) is 0.625. The molecule has 34 heavy (non-hydrogen) atoms. The molecule has 174 valence electrons. The van der Waals surface area contributed by atoms with E-state index in [1.807, 2.05) is 0 Å². The predicted octanol–water partition coefficient (Wildman–Crippen LogP) is 2.70. The summed E-state index contributed by atoms with van der Waals surface area (Å²) in [6.07, 6.45) is -2.18. The van der Waals surface area contributed by atoms with Gasteiger partial charge in [-0.1, -0.05) is 0 Å². The number of benzene rings is 2. The smallest absolute Gasteiger partial charge is 0.277 e. The van der Waals surface area contributed by atoms with Crippen molar-refractivity contribution < 1.29 is 24.6 Å². The van der Waals surface area contributed by atoms with E-state index in [1.165, 1.54) is 28.8 Å². The number of hydrogen-bond donors (Lipinski definition) is 1. The molecule has 2 N–H and O–H groups in total. The Hall–Kier alpha value is -4.14. The minimum atomic E-state index is -2.17. The summed E-state index contributed by atoms with van der Waals surface area (Å²) in [6.45, 7) is -1.80. The van der Waals surface area contributed by atoms with Gasteiger partial charge >= 0.3 is 0 Å². The summed E-state index contributed by atoms with van der Waals surface area (Å²) < 4.78 is 39.0. The van der Waals surface area contributed by atoms with Crippen molar-refractivity contribution >= 4 is 29.1 Å². The van der Waals surface area contributed by atoms with E-state index in [0.29, 0.717) is 29.1 Å². The van der Waals surface area contributed by atoms with Crippen LogP contribution in [-0.4, -0.2) is 47.7 Å². The second-order valence-corrected chi connectivity index (χ2v) is 7.85. The van der Waals surface area contributed by atoms with Crippen LogP contribution in [0.4, 0.5) is 11.4 Å². The van der Waals surface area contributed by atoms with Crippen LogP contribution < -0.4 is 20.3 Å². The number of nitrogens with zero attached hydrogens (tertiary/aromatic N) is 4. The van der Waals surface area contributed by atoms with Gasteiger partial charge in [-0.05, 0) is 67.8 Å². The van der Waals surface area contributed by atoms with Crippen molar-refractivity contribution in [3.05, 3.63) is 65.5 Å². The highest BCUT2D eigenvalue weighted by molar-refractivity contribution is 6.09. The molecule has 0 aliphatic carbocycles. The Kier molecular flexibility index (Phi) is 4.42. The number of piperidine rings is 1. The van der Waals surface area contributed by atoms with Crippen LogP contribution in [0.5, 0.6) is 5.75 Å². The first-order chi connectivity index (χ1) is 17.9. The van der Waals surface area contributed by atoms with E-state index < -0.39 is 30.6 Å². The molecule has 0 saturated carbocycles. The molecule has 3 amide bonds. The summed E-state index contributed by atoms with van der Waals surface area (Å²) in [6, 6.07) is 13.0. The van der Waals surface area contributed by atoms with Crippen molar-refractivity contribution in [2.75, 3.05) is 30.0 Å². The van der Waals surface area contributed by atoms with E-state index in [1.54, 1.807) is 36.4 Å². The molecule has 0 atom stereocenters. The molecule has 1 fully saturated rings. The van der Waals surface area contributed by atoms with Crippen molar-refractivity contribution in [3.8, 4) is 11.4 Å². The fourth-order valence-electron chi connectivity index (χ4n) is 4.19. The molecule has 0 radical (unpaired) electrons. The Labute approximate surface area is 202 Å². The minimum absolute atomic E-state index is 0.0271. The molecule has 3 heterocycles. The fourth-order valence-corrected chi connectivity index (χ4v) is 4.19. The van der Waals surface area contributed by atoms with Crippen LogP contribution >= 0.6 is 0 Å². The lowest BCUT2D eigenvalue weighted by molar-refractivity contribution is -0.119. The number of ether oxygens (including phenoxy) is 1. The van der Waals surface area contributed by atoms with Gasteiger partial charge in [-0.3, -0.25) is 14.4 Å². The third-order valence-corrected chi connectivity index (χ3v) is 5.86. The molecule has 0 unspecified atom stereocenters. The van der Waals surface area contributed by atoms with Gasteiger partial charge in [0.1, 0.15) is 11.4 Å². The van der Waals surface area contributed by atoms with Crippen molar-refractivity contribution in [3.63, 3.8) is 0 Å². The van der Waals surface area contributed by atoms with Crippen LogP contribution in [-0.2, 0) is 11.2 Å². The van der Waals surface area contributed by atoms with Crippen molar-refractivity contribution in [1.82, 2.24) is 9.78 Å². The number of rotatable bonds is 5. The SMILES string of the molecule is [2H]C1([2H])CCC([2H])([2H])N(c2ccc(N3CCc4c(C(N)=O)nn(-c5ccc(OC)cc5)c4C3=O)cc2)C1=O. The maximum Gasteiger partial charge on any atom is 0.277 e. The highest BCUT2D eigenvalue weighted by Crippen LogP contribution is 2.31. The maximum atomic E-state index is 13.7. The summed E-state index contributed by atoms with van der Waals surface area (Å²) in [4.78, 5) is 40.9. The van der Waals surface area contributed by atoms with Gasteiger partial charge in [0.25, 0.3) is 11.8 Å². The zero-order valence-electron chi connectivity index (χ0n) is 22.4. The standard InChI is InChI=1S/C25H25N5O4/c1-34-19-11-9-18(10-12-19)30-23-20(22(27-30)24(26)32)13-15-29(25(23)33)17-7-5-16(6-8-17)28-14-3-2-4-21(28)31/h5-12H,2-4,13-15H2,1H3,(H2,26,32)/i4D2,14D2. The van der Waals surface area contributed by atoms with Crippen LogP contribution in [0.1, 0.15) is 51.2 Å². The molecule has 1 saturated heterocycles. The molecular formula is C25H25N5O4. The van der Waals surface area contributed by atoms with Gasteiger partial charge in [0.15, 0.2) is 5.69 Å². The number of carbonyl (C=O) groups excluding carboxylic acids is 3. The fraction of sp³-hybridized carbons (Fsp3) is 0.280. The average molecular weight is 464 g/mol. The van der Waals surface area contributed by atoms with Crippen LogP contribution in [0.2, 0.25) is 0 Å². The molecule has 9 heteroatoms. The minimum Gasteiger partial charge on any atom is -0.497 e. The summed E-state index contributed by atoms with van der Waals surface area (Å²) >= 11 is 0. The van der Waals surface area contributed by atoms with E-state index in [2.05, 4.69) is 5.10 Å². The van der Waals surface area contributed by atoms with Gasteiger partial charge in [-0.2, -0.15) is 5.10 Å². The van der Waals surface area contributed by atoms with Crippen LogP contribution in [0.15, 0.2) is 48.5 Å². The Bertz CT molecular complexity index is 1440. The molecule has 0 bridgehead atoms. The predicted molar refractivity (Wildman–Crippen MR) is 127 cm³/mol. The number of carbonyl (C=O) groups is 3. The second-order valence-electron chi connectivity index (χ2n) is 7.85. The van der Waals surface area contributed by atoms with Crippen LogP contribution in [0.25, 0.3) is 5.69 Å². The van der Waals surface area contributed by atoms with Gasteiger partial charge in [0.05, 0.1) is 12.8 Å². The first-order valence-electron chi connectivity index (χ1n) is 12.8. The average Bonchev–Trinajstić information content (AvgIpc) is 3.29. The Morgan fingerprint density at radius 1 is 1.00 bits per heavy atom. The van der Waals surface area contributed by atoms with Gasteiger partial charge in [-0.15, -0.1) is 0 Å². The molecule has 9 nitrogen and oxygen atoms in total. The normalized spacial score (nSPS) is 20.6. The van der Waals surface area contributed by atoms with Crippen molar-refractivity contribution in [2.24, 2.45) is 5.73 Å². The molecular weight excluding hydrogens is 434 g/mol. The summed E-state index contributed by atoms with van der Waals surface area (Å²) in [7, 11) is 1.54. The number of nitrogens with two attached hydrogens (primary N) is 1. The maximum absolute atomic E-state index is 13.7. The lowest BCUT2D eigenvalue weighted by Gasteiger charge is -2.29. The third kappa shape index (κ3) is 3.68. The highest BCUT2D eigenvalue weighted by atomic mass is 16.5. The summed E-state index contributed by atoms with van der Waals surface area (Å²) in [5, 5.41) is 4.34. The van der Waals surface area contributed by atoms with E-state index in [9.17, 15) is 14.4 Å². The number of hydrogen-bond acceptors (Lipinski definition) is 5. The van der Waals surface area contributed by atoms with Crippen LogP contribution in [0.3, 0.4) is 0 Å². The molecule has 2 aliphatic rings. The number of fused-ring (bicyclic) bond motifs is 1. The Morgan fingerprint density at radius 3 is 2.29 bits per heavy atom. The number of primary amides is 1. The molecule has 1 aromatic heterocycles. The van der Waals surface area contributed by atoms with Gasteiger partial charge in [0, 0.05) is 41.8 Å².